The molecule has 1 aromatic carbocycles. The van der Waals surface area contributed by atoms with E-state index in [2.05, 4.69) is 4.57 Å². The van der Waals surface area contributed by atoms with Gasteiger partial charge in [-0.25, -0.2) is 9.78 Å². The molecule has 2 fully saturated rings. The largest absolute Gasteiger partial charge is 0.478 e. The lowest BCUT2D eigenvalue weighted by molar-refractivity contribution is 0.0698. The van der Waals surface area contributed by atoms with Crippen molar-refractivity contribution in [2.45, 2.75) is 51.0 Å². The summed E-state index contributed by atoms with van der Waals surface area (Å²) in [5, 5.41) is 9.46. The average molecular weight is 284 g/mol. The first-order valence-corrected chi connectivity index (χ1v) is 7.96. The quantitative estimate of drug-likeness (QED) is 0.908. The summed E-state index contributed by atoms with van der Waals surface area (Å²) in [5.41, 5.74) is 2.05. The predicted molar refractivity (Wildman–Crippen MR) is 80.6 cm³/mol. The number of carboxylic acids is 1. The Hall–Kier alpha value is -1.84. The molecule has 2 aromatic rings. The molecule has 110 valence electrons. The van der Waals surface area contributed by atoms with Crippen molar-refractivity contribution in [3.63, 3.8) is 0 Å². The molecule has 1 N–H and O–H groups in total. The van der Waals surface area contributed by atoms with Gasteiger partial charge in [-0.1, -0.05) is 25.3 Å². The topological polar surface area (TPSA) is 55.1 Å². The van der Waals surface area contributed by atoms with E-state index in [0.29, 0.717) is 11.5 Å². The molecule has 1 heterocycles. The smallest absolute Gasteiger partial charge is 0.337 e. The predicted octanol–water partition coefficient (Wildman–Crippen LogP) is 3.80. The maximum atomic E-state index is 11.5. The summed E-state index contributed by atoms with van der Waals surface area (Å²) in [4.78, 5) is 16.3. The van der Waals surface area contributed by atoms with Crippen LogP contribution in [0.25, 0.3) is 11.0 Å². The number of para-hydroxylation sites is 1. The average Bonchev–Trinajstić information content (AvgIpc) is 3.19. The summed E-state index contributed by atoms with van der Waals surface area (Å²) in [7, 11) is 0. The minimum Gasteiger partial charge on any atom is -0.478 e. The molecule has 0 unspecified atom stereocenters. The molecule has 4 nitrogen and oxygen atoms in total. The Kier molecular flexibility index (Phi) is 2.98. The fourth-order valence-corrected chi connectivity index (χ4v) is 3.35. The Labute approximate surface area is 123 Å². The highest BCUT2D eigenvalue weighted by Crippen LogP contribution is 2.41. The molecule has 0 spiro atoms. The van der Waals surface area contributed by atoms with Gasteiger partial charge in [-0.05, 0) is 37.3 Å². The van der Waals surface area contributed by atoms with Gasteiger partial charge in [0, 0.05) is 12.5 Å². The van der Waals surface area contributed by atoms with E-state index in [0.717, 1.165) is 35.7 Å². The second kappa shape index (κ2) is 4.86. The number of hydrogen-bond acceptors (Lipinski definition) is 2. The number of nitrogens with zero attached hydrogens (tertiary/aromatic N) is 2. The number of rotatable bonds is 5. The fourth-order valence-electron chi connectivity index (χ4n) is 3.35. The van der Waals surface area contributed by atoms with Crippen LogP contribution < -0.4 is 0 Å². The zero-order chi connectivity index (χ0) is 14.4. The summed E-state index contributed by atoms with van der Waals surface area (Å²) < 4.78 is 2.20. The van der Waals surface area contributed by atoms with E-state index in [1.54, 1.807) is 12.1 Å². The number of carbonyl (C=O) groups is 1. The van der Waals surface area contributed by atoms with E-state index in [-0.39, 0.29) is 0 Å². The lowest BCUT2D eigenvalue weighted by Gasteiger charge is -2.25. The molecule has 21 heavy (non-hydrogen) atoms. The second-order valence-corrected chi connectivity index (χ2v) is 6.46. The number of aryl methyl sites for hydroxylation is 1. The van der Waals surface area contributed by atoms with Crippen LogP contribution in [0.5, 0.6) is 0 Å². The number of fused-ring (bicyclic) bond motifs is 1. The molecular formula is C17H20N2O2. The van der Waals surface area contributed by atoms with Gasteiger partial charge in [-0.3, -0.25) is 0 Å². The summed E-state index contributed by atoms with van der Waals surface area (Å²) >= 11 is 0. The minimum atomic E-state index is -0.854. The summed E-state index contributed by atoms with van der Waals surface area (Å²) in [6, 6.07) is 5.43. The Morgan fingerprint density at radius 3 is 2.71 bits per heavy atom. The normalized spacial score (nSPS) is 18.9. The van der Waals surface area contributed by atoms with Crippen molar-refractivity contribution in [2.24, 2.45) is 5.92 Å². The highest BCUT2D eigenvalue weighted by atomic mass is 16.4. The third-order valence-corrected chi connectivity index (χ3v) is 4.95. The Balaban J connectivity index is 1.78. The van der Waals surface area contributed by atoms with Crippen LogP contribution in [-0.4, -0.2) is 20.6 Å². The third kappa shape index (κ3) is 2.23. The number of carboxylic acid groups (broad SMARTS) is 1. The third-order valence-electron chi connectivity index (χ3n) is 4.95. The number of aromatic carboxylic acids is 1. The monoisotopic (exact) mass is 284 g/mol. The minimum absolute atomic E-state index is 0.389. The van der Waals surface area contributed by atoms with Crippen LogP contribution in [0.2, 0.25) is 0 Å². The van der Waals surface area contributed by atoms with Crippen LogP contribution in [0.4, 0.5) is 0 Å². The van der Waals surface area contributed by atoms with Crippen LogP contribution in [-0.2, 0) is 6.54 Å². The summed E-state index contributed by atoms with van der Waals surface area (Å²) in [6.07, 6.45) is 7.54. The highest BCUT2D eigenvalue weighted by Gasteiger charge is 2.31. The zero-order valence-electron chi connectivity index (χ0n) is 12.1. The van der Waals surface area contributed by atoms with Crippen molar-refractivity contribution in [2.75, 3.05) is 0 Å². The molecule has 4 heteroatoms. The van der Waals surface area contributed by atoms with Gasteiger partial charge >= 0.3 is 5.97 Å². The first-order valence-electron chi connectivity index (χ1n) is 7.96. The summed E-state index contributed by atoms with van der Waals surface area (Å²) in [6.45, 7) is 0.914. The van der Waals surface area contributed by atoms with Gasteiger partial charge < -0.3 is 9.67 Å². The van der Waals surface area contributed by atoms with E-state index in [1.165, 1.54) is 32.1 Å². The van der Waals surface area contributed by atoms with Gasteiger partial charge in [-0.2, -0.15) is 0 Å². The standard InChI is InChI=1S/C17H20N2O2/c20-17(21)13-5-2-6-14-15(13)19(10-9-11-3-1-4-11)16(18-14)12-7-8-12/h2,5-6,11-12H,1,3-4,7-10H2,(H,20,21). The number of imidazole rings is 1. The fraction of sp³-hybridized carbons (Fsp3) is 0.529. The first kappa shape index (κ1) is 12.9. The lowest BCUT2D eigenvalue weighted by Crippen LogP contribution is -2.15. The molecule has 0 saturated heterocycles. The van der Waals surface area contributed by atoms with Crippen molar-refractivity contribution in [1.82, 2.24) is 9.55 Å². The number of benzene rings is 1. The Bertz CT molecular complexity index is 696. The van der Waals surface area contributed by atoms with E-state index in [1.807, 2.05) is 6.07 Å². The van der Waals surface area contributed by atoms with Crippen LogP contribution in [0.15, 0.2) is 18.2 Å². The molecule has 0 bridgehead atoms. The molecule has 2 aliphatic carbocycles. The zero-order valence-corrected chi connectivity index (χ0v) is 12.1. The second-order valence-electron chi connectivity index (χ2n) is 6.46. The van der Waals surface area contributed by atoms with Gasteiger partial charge in [0.15, 0.2) is 0 Å². The van der Waals surface area contributed by atoms with E-state index in [4.69, 9.17) is 4.98 Å². The molecule has 2 aliphatic rings. The van der Waals surface area contributed by atoms with Crippen molar-refractivity contribution in [3.05, 3.63) is 29.6 Å². The van der Waals surface area contributed by atoms with Crippen LogP contribution >= 0.6 is 0 Å². The molecule has 0 atom stereocenters. The molecular weight excluding hydrogens is 264 g/mol. The number of hydrogen-bond donors (Lipinski definition) is 1. The van der Waals surface area contributed by atoms with Crippen LogP contribution in [0, 0.1) is 5.92 Å². The van der Waals surface area contributed by atoms with Crippen molar-refractivity contribution < 1.29 is 9.90 Å². The molecule has 4 rings (SSSR count). The lowest BCUT2D eigenvalue weighted by atomic mass is 9.83. The molecule has 0 radical (unpaired) electrons. The first-order chi connectivity index (χ1) is 10.2. The van der Waals surface area contributed by atoms with Gasteiger partial charge in [0.05, 0.1) is 16.6 Å². The van der Waals surface area contributed by atoms with Gasteiger partial charge in [0.25, 0.3) is 0 Å². The summed E-state index contributed by atoms with van der Waals surface area (Å²) in [5.74, 6) is 1.62. The van der Waals surface area contributed by atoms with Crippen molar-refractivity contribution in [1.29, 1.82) is 0 Å². The van der Waals surface area contributed by atoms with E-state index in [9.17, 15) is 9.90 Å². The molecule has 1 aromatic heterocycles. The van der Waals surface area contributed by atoms with E-state index < -0.39 is 5.97 Å². The van der Waals surface area contributed by atoms with Gasteiger partial charge in [0.2, 0.25) is 0 Å². The maximum absolute atomic E-state index is 11.5. The molecule has 0 aliphatic heterocycles. The van der Waals surface area contributed by atoms with Crippen LogP contribution in [0.3, 0.4) is 0 Å². The molecule has 0 amide bonds. The number of aromatic nitrogens is 2. The van der Waals surface area contributed by atoms with Gasteiger partial charge in [-0.15, -0.1) is 0 Å². The Morgan fingerprint density at radius 1 is 1.29 bits per heavy atom. The van der Waals surface area contributed by atoms with E-state index >= 15 is 0 Å². The van der Waals surface area contributed by atoms with Gasteiger partial charge in [0.1, 0.15) is 5.82 Å². The SMILES string of the molecule is O=C(O)c1cccc2nc(C3CC3)n(CCC3CCC3)c12. The van der Waals surface area contributed by atoms with Crippen LogP contribution in [0.1, 0.15) is 60.6 Å². The maximum Gasteiger partial charge on any atom is 0.337 e. The van der Waals surface area contributed by atoms with Crippen molar-refractivity contribution in [3.8, 4) is 0 Å². The Morgan fingerprint density at radius 2 is 2.10 bits per heavy atom. The highest BCUT2D eigenvalue weighted by molar-refractivity contribution is 6.01. The van der Waals surface area contributed by atoms with Crippen molar-refractivity contribution >= 4 is 17.0 Å². The molecule has 2 saturated carbocycles.